The largest absolute Gasteiger partial charge is 0.478 e. The zero-order chi connectivity index (χ0) is 10.9. The van der Waals surface area contributed by atoms with Crippen LogP contribution in [0.15, 0.2) is 12.1 Å². The van der Waals surface area contributed by atoms with Gasteiger partial charge in [0.2, 0.25) is 0 Å². The Labute approximate surface area is 95.3 Å². The molecule has 0 saturated heterocycles. The van der Waals surface area contributed by atoms with Gasteiger partial charge in [-0.05, 0) is 48.1 Å². The standard InChI is InChI=1S/C10H9IO3/c1-5-7(6(2)12)3-4-8(9(5)11)10(13)14/h3-4H,1-2H3,(H,13,14). The van der Waals surface area contributed by atoms with Crippen LogP contribution < -0.4 is 0 Å². The van der Waals surface area contributed by atoms with E-state index >= 15 is 0 Å². The van der Waals surface area contributed by atoms with Crippen LogP contribution >= 0.6 is 22.6 Å². The Kier molecular flexibility index (Phi) is 3.25. The van der Waals surface area contributed by atoms with Gasteiger partial charge in [0.05, 0.1) is 5.56 Å². The van der Waals surface area contributed by atoms with Crippen molar-refractivity contribution in [2.75, 3.05) is 0 Å². The second kappa shape index (κ2) is 4.08. The Morgan fingerprint density at radius 3 is 2.21 bits per heavy atom. The van der Waals surface area contributed by atoms with Crippen LogP contribution in [0, 0.1) is 10.5 Å². The molecule has 0 aliphatic rings. The van der Waals surface area contributed by atoms with Crippen LogP contribution in [0.3, 0.4) is 0 Å². The van der Waals surface area contributed by atoms with E-state index in [0.29, 0.717) is 9.13 Å². The molecule has 0 radical (unpaired) electrons. The van der Waals surface area contributed by atoms with Crippen molar-refractivity contribution in [2.45, 2.75) is 13.8 Å². The molecule has 0 saturated carbocycles. The third kappa shape index (κ3) is 1.95. The smallest absolute Gasteiger partial charge is 0.336 e. The summed E-state index contributed by atoms with van der Waals surface area (Å²) in [7, 11) is 0. The maximum atomic E-state index is 11.1. The van der Waals surface area contributed by atoms with Crippen molar-refractivity contribution in [3.8, 4) is 0 Å². The zero-order valence-corrected chi connectivity index (χ0v) is 9.95. The molecule has 4 heteroatoms. The number of carboxylic acid groups (broad SMARTS) is 1. The van der Waals surface area contributed by atoms with Crippen molar-refractivity contribution in [3.63, 3.8) is 0 Å². The Hall–Kier alpha value is -0.910. The summed E-state index contributed by atoms with van der Waals surface area (Å²) in [6.07, 6.45) is 0. The molecule has 0 atom stereocenters. The third-order valence-electron chi connectivity index (χ3n) is 2.00. The van der Waals surface area contributed by atoms with Gasteiger partial charge < -0.3 is 5.11 Å². The number of benzene rings is 1. The minimum Gasteiger partial charge on any atom is -0.478 e. The van der Waals surface area contributed by atoms with Gasteiger partial charge in [0.1, 0.15) is 0 Å². The topological polar surface area (TPSA) is 54.4 Å². The van der Waals surface area contributed by atoms with Crippen molar-refractivity contribution in [1.82, 2.24) is 0 Å². The van der Waals surface area contributed by atoms with Crippen LogP contribution in [0.2, 0.25) is 0 Å². The zero-order valence-electron chi connectivity index (χ0n) is 7.80. The van der Waals surface area contributed by atoms with Crippen LogP contribution in [0.4, 0.5) is 0 Å². The van der Waals surface area contributed by atoms with Crippen molar-refractivity contribution in [2.24, 2.45) is 0 Å². The maximum absolute atomic E-state index is 11.1. The monoisotopic (exact) mass is 304 g/mol. The number of carboxylic acids is 1. The fourth-order valence-corrected chi connectivity index (χ4v) is 1.93. The van der Waals surface area contributed by atoms with Gasteiger partial charge in [0.15, 0.2) is 5.78 Å². The summed E-state index contributed by atoms with van der Waals surface area (Å²) in [5, 5.41) is 8.83. The highest BCUT2D eigenvalue weighted by Gasteiger charge is 2.14. The molecule has 0 aliphatic heterocycles. The van der Waals surface area contributed by atoms with Crippen LogP contribution in [0.5, 0.6) is 0 Å². The van der Waals surface area contributed by atoms with Crippen LogP contribution in [0.25, 0.3) is 0 Å². The first kappa shape index (κ1) is 11.2. The number of rotatable bonds is 2. The normalized spacial score (nSPS) is 9.93. The fraction of sp³-hybridized carbons (Fsp3) is 0.200. The number of ketones is 1. The lowest BCUT2D eigenvalue weighted by atomic mass is 10.0. The summed E-state index contributed by atoms with van der Waals surface area (Å²) in [6.45, 7) is 3.23. The second-order valence-electron chi connectivity index (χ2n) is 2.96. The molecule has 0 aromatic heterocycles. The minimum atomic E-state index is -0.965. The molecule has 0 bridgehead atoms. The Balaban J connectivity index is 3.41. The SMILES string of the molecule is CC(=O)c1ccc(C(=O)O)c(I)c1C. The molecule has 14 heavy (non-hydrogen) atoms. The quantitative estimate of drug-likeness (QED) is 0.674. The summed E-state index contributed by atoms with van der Waals surface area (Å²) in [4.78, 5) is 21.9. The summed E-state index contributed by atoms with van der Waals surface area (Å²) in [5.41, 5.74) is 1.56. The molecule has 0 spiro atoms. The van der Waals surface area contributed by atoms with E-state index in [-0.39, 0.29) is 11.3 Å². The third-order valence-corrected chi connectivity index (χ3v) is 3.39. The van der Waals surface area contributed by atoms with Crippen LogP contribution in [0.1, 0.15) is 33.2 Å². The van der Waals surface area contributed by atoms with E-state index in [1.807, 2.05) is 22.6 Å². The van der Waals surface area contributed by atoms with Gasteiger partial charge in [-0.3, -0.25) is 4.79 Å². The molecule has 0 heterocycles. The lowest BCUT2D eigenvalue weighted by molar-refractivity contribution is 0.0695. The first-order valence-corrected chi connectivity index (χ1v) is 5.06. The number of carbonyl (C=O) groups is 2. The van der Waals surface area contributed by atoms with Gasteiger partial charge in [-0.2, -0.15) is 0 Å². The maximum Gasteiger partial charge on any atom is 0.336 e. The summed E-state index contributed by atoms with van der Waals surface area (Å²) in [6, 6.07) is 3.02. The summed E-state index contributed by atoms with van der Waals surface area (Å²) < 4.78 is 0.628. The predicted octanol–water partition coefficient (Wildman–Crippen LogP) is 2.50. The first-order valence-electron chi connectivity index (χ1n) is 3.98. The lowest BCUT2D eigenvalue weighted by Gasteiger charge is -2.06. The van der Waals surface area contributed by atoms with Crippen molar-refractivity contribution in [3.05, 3.63) is 32.4 Å². The van der Waals surface area contributed by atoms with Gasteiger partial charge in [-0.25, -0.2) is 4.79 Å². The number of aromatic carboxylic acids is 1. The fourth-order valence-electron chi connectivity index (χ4n) is 1.23. The highest BCUT2D eigenvalue weighted by molar-refractivity contribution is 14.1. The van der Waals surface area contributed by atoms with E-state index in [1.165, 1.54) is 13.0 Å². The van der Waals surface area contributed by atoms with Crippen molar-refractivity contribution >= 4 is 34.3 Å². The lowest BCUT2D eigenvalue weighted by Crippen LogP contribution is -2.05. The van der Waals surface area contributed by atoms with E-state index in [4.69, 9.17) is 5.11 Å². The highest BCUT2D eigenvalue weighted by atomic mass is 127. The molecule has 0 unspecified atom stereocenters. The van der Waals surface area contributed by atoms with Crippen LogP contribution in [-0.4, -0.2) is 16.9 Å². The van der Waals surface area contributed by atoms with Crippen molar-refractivity contribution < 1.29 is 14.7 Å². The predicted molar refractivity (Wildman–Crippen MR) is 60.9 cm³/mol. The molecular formula is C10H9IO3. The number of hydrogen-bond acceptors (Lipinski definition) is 2. The van der Waals surface area contributed by atoms with E-state index in [0.717, 1.165) is 5.56 Å². The molecule has 3 nitrogen and oxygen atoms in total. The van der Waals surface area contributed by atoms with Gasteiger partial charge in [-0.15, -0.1) is 0 Å². The van der Waals surface area contributed by atoms with Gasteiger partial charge >= 0.3 is 5.97 Å². The molecule has 0 aliphatic carbocycles. The molecule has 1 aromatic carbocycles. The summed E-state index contributed by atoms with van der Waals surface area (Å²) >= 11 is 1.95. The Morgan fingerprint density at radius 1 is 1.29 bits per heavy atom. The van der Waals surface area contributed by atoms with Crippen molar-refractivity contribution in [1.29, 1.82) is 0 Å². The molecule has 74 valence electrons. The van der Waals surface area contributed by atoms with Gasteiger partial charge in [0, 0.05) is 9.13 Å². The molecule has 0 amide bonds. The van der Waals surface area contributed by atoms with Gasteiger partial charge in [-0.1, -0.05) is 6.07 Å². The number of carbonyl (C=O) groups excluding carboxylic acids is 1. The Bertz CT molecular complexity index is 371. The van der Waals surface area contributed by atoms with E-state index in [1.54, 1.807) is 13.0 Å². The molecule has 1 N–H and O–H groups in total. The molecule has 1 rings (SSSR count). The number of hydrogen-bond donors (Lipinski definition) is 1. The molecular weight excluding hydrogens is 295 g/mol. The molecule has 0 fully saturated rings. The molecule has 1 aromatic rings. The minimum absolute atomic E-state index is 0.0441. The highest BCUT2D eigenvalue weighted by Crippen LogP contribution is 2.21. The van der Waals surface area contributed by atoms with E-state index in [2.05, 4.69) is 0 Å². The average molecular weight is 304 g/mol. The number of Topliss-reactive ketones (excluding diaryl/α,β-unsaturated/α-hetero) is 1. The average Bonchev–Trinajstić information content (AvgIpc) is 2.08. The first-order chi connectivity index (χ1) is 6.45. The van der Waals surface area contributed by atoms with E-state index < -0.39 is 5.97 Å². The van der Waals surface area contributed by atoms with E-state index in [9.17, 15) is 9.59 Å². The van der Waals surface area contributed by atoms with Gasteiger partial charge in [0.25, 0.3) is 0 Å². The summed E-state index contributed by atoms with van der Waals surface area (Å²) in [5.74, 6) is -1.01. The Morgan fingerprint density at radius 2 is 1.79 bits per heavy atom. The van der Waals surface area contributed by atoms with Crippen LogP contribution in [-0.2, 0) is 0 Å². The number of halogens is 1. The second-order valence-corrected chi connectivity index (χ2v) is 4.04.